The fourth-order valence-electron chi connectivity index (χ4n) is 2.50. The van der Waals surface area contributed by atoms with E-state index in [4.69, 9.17) is 16.3 Å². The number of halogens is 1. The Bertz CT molecular complexity index is 552. The summed E-state index contributed by atoms with van der Waals surface area (Å²) in [5.41, 5.74) is 0.832. The fraction of sp³-hybridized carbons (Fsp3) is 0.429. The molecule has 2 aromatic rings. The highest BCUT2D eigenvalue weighted by molar-refractivity contribution is 6.28. The van der Waals surface area contributed by atoms with Gasteiger partial charge >= 0.3 is 0 Å². The third kappa shape index (κ3) is 2.41. The minimum absolute atomic E-state index is 0.245. The number of rotatable bonds is 3. The van der Waals surface area contributed by atoms with Crippen molar-refractivity contribution in [3.63, 3.8) is 0 Å². The molecule has 0 aliphatic heterocycles. The van der Waals surface area contributed by atoms with Gasteiger partial charge in [-0.1, -0.05) is 25.0 Å². The second-order valence-electron chi connectivity index (χ2n) is 4.78. The van der Waals surface area contributed by atoms with E-state index in [0.29, 0.717) is 11.8 Å². The average Bonchev–Trinajstić information content (AvgIpc) is 2.89. The van der Waals surface area contributed by atoms with E-state index < -0.39 is 0 Å². The van der Waals surface area contributed by atoms with Crippen LogP contribution >= 0.6 is 11.6 Å². The first-order valence-corrected chi connectivity index (χ1v) is 6.76. The fourth-order valence-corrected chi connectivity index (χ4v) is 2.67. The average molecular weight is 263 g/mol. The standard InChI is InChI=1S/C14H15ClN2O/c15-14-16-12-8-4-3-7-11(12)13(17-14)18-9-10-5-1-2-6-10/h3-4,7-8,10H,1-2,5-6,9H2. The molecule has 94 valence electrons. The lowest BCUT2D eigenvalue weighted by atomic mass is 10.1. The van der Waals surface area contributed by atoms with Gasteiger partial charge in [0, 0.05) is 0 Å². The van der Waals surface area contributed by atoms with Gasteiger partial charge in [-0.3, -0.25) is 0 Å². The van der Waals surface area contributed by atoms with Gasteiger partial charge in [-0.25, -0.2) is 4.98 Å². The smallest absolute Gasteiger partial charge is 0.226 e. The van der Waals surface area contributed by atoms with Crippen LogP contribution in [0.15, 0.2) is 24.3 Å². The molecule has 0 atom stereocenters. The van der Waals surface area contributed by atoms with E-state index >= 15 is 0 Å². The molecular formula is C14H15ClN2O. The molecule has 0 bridgehead atoms. The number of benzene rings is 1. The third-order valence-corrected chi connectivity index (χ3v) is 3.64. The zero-order valence-electron chi connectivity index (χ0n) is 10.1. The third-order valence-electron chi connectivity index (χ3n) is 3.47. The summed E-state index contributed by atoms with van der Waals surface area (Å²) in [6.45, 7) is 0.733. The number of hydrogen-bond acceptors (Lipinski definition) is 3. The van der Waals surface area contributed by atoms with Crippen molar-refractivity contribution < 1.29 is 4.74 Å². The van der Waals surface area contributed by atoms with Crippen LogP contribution in [-0.4, -0.2) is 16.6 Å². The van der Waals surface area contributed by atoms with Crippen LogP contribution in [0.1, 0.15) is 25.7 Å². The maximum absolute atomic E-state index is 5.92. The van der Waals surface area contributed by atoms with Crippen molar-refractivity contribution in [2.75, 3.05) is 6.61 Å². The van der Waals surface area contributed by atoms with Gasteiger partial charge in [0.2, 0.25) is 11.2 Å². The van der Waals surface area contributed by atoms with Crippen LogP contribution in [0.3, 0.4) is 0 Å². The van der Waals surface area contributed by atoms with Gasteiger partial charge in [-0.05, 0) is 42.5 Å². The maximum Gasteiger partial charge on any atom is 0.226 e. The van der Waals surface area contributed by atoms with Gasteiger partial charge in [-0.15, -0.1) is 0 Å². The monoisotopic (exact) mass is 262 g/mol. The Labute approximate surface area is 111 Å². The lowest BCUT2D eigenvalue weighted by Crippen LogP contribution is -2.09. The van der Waals surface area contributed by atoms with Crippen LogP contribution in [0.25, 0.3) is 10.9 Å². The summed E-state index contributed by atoms with van der Waals surface area (Å²) in [6.07, 6.45) is 5.16. The van der Waals surface area contributed by atoms with Crippen LogP contribution in [0.5, 0.6) is 5.88 Å². The van der Waals surface area contributed by atoms with Crippen molar-refractivity contribution in [2.24, 2.45) is 5.92 Å². The topological polar surface area (TPSA) is 35.0 Å². The second kappa shape index (κ2) is 5.11. The van der Waals surface area contributed by atoms with E-state index in [1.54, 1.807) is 0 Å². The molecule has 18 heavy (non-hydrogen) atoms. The number of ether oxygens (including phenoxy) is 1. The molecule has 1 aliphatic carbocycles. The molecule has 0 radical (unpaired) electrons. The highest BCUT2D eigenvalue weighted by Gasteiger charge is 2.16. The first kappa shape index (κ1) is 11.7. The first-order chi connectivity index (χ1) is 8.83. The molecular weight excluding hydrogens is 248 g/mol. The summed E-state index contributed by atoms with van der Waals surface area (Å²) < 4.78 is 5.85. The van der Waals surface area contributed by atoms with Crippen molar-refractivity contribution in [2.45, 2.75) is 25.7 Å². The number of nitrogens with zero attached hydrogens (tertiary/aromatic N) is 2. The van der Waals surface area contributed by atoms with Gasteiger partial charge in [-0.2, -0.15) is 4.98 Å². The van der Waals surface area contributed by atoms with Crippen molar-refractivity contribution in [3.05, 3.63) is 29.5 Å². The Hall–Kier alpha value is -1.35. The molecule has 1 aliphatic rings. The number of para-hydroxylation sites is 1. The Morgan fingerprint density at radius 2 is 1.94 bits per heavy atom. The molecule has 1 fully saturated rings. The summed E-state index contributed by atoms with van der Waals surface area (Å²) in [7, 11) is 0. The molecule has 1 saturated carbocycles. The zero-order chi connectivity index (χ0) is 12.4. The number of aromatic nitrogens is 2. The van der Waals surface area contributed by atoms with Crippen LogP contribution in [0.4, 0.5) is 0 Å². The second-order valence-corrected chi connectivity index (χ2v) is 5.11. The summed E-state index contributed by atoms with van der Waals surface area (Å²) in [5, 5.41) is 1.18. The molecule has 0 N–H and O–H groups in total. The summed E-state index contributed by atoms with van der Waals surface area (Å²) in [6, 6.07) is 7.79. The van der Waals surface area contributed by atoms with Gasteiger partial charge in [0.25, 0.3) is 0 Å². The molecule has 0 amide bonds. The Balaban J connectivity index is 1.85. The van der Waals surface area contributed by atoms with Crippen LogP contribution in [0.2, 0.25) is 5.28 Å². The molecule has 3 nitrogen and oxygen atoms in total. The lowest BCUT2D eigenvalue weighted by molar-refractivity contribution is 0.246. The quantitative estimate of drug-likeness (QED) is 0.788. The van der Waals surface area contributed by atoms with Gasteiger partial charge in [0.05, 0.1) is 17.5 Å². The lowest BCUT2D eigenvalue weighted by Gasteiger charge is -2.12. The predicted octanol–water partition coefficient (Wildman–Crippen LogP) is 3.85. The highest BCUT2D eigenvalue weighted by atomic mass is 35.5. The van der Waals surface area contributed by atoms with E-state index in [0.717, 1.165) is 17.5 Å². The summed E-state index contributed by atoms with van der Waals surface area (Å²) in [4.78, 5) is 8.38. The molecule has 1 heterocycles. The predicted molar refractivity (Wildman–Crippen MR) is 72.0 cm³/mol. The Morgan fingerprint density at radius 1 is 1.17 bits per heavy atom. The normalized spacial score (nSPS) is 16.3. The van der Waals surface area contributed by atoms with Crippen LogP contribution in [-0.2, 0) is 0 Å². The SMILES string of the molecule is Clc1nc(OCC2CCCC2)c2ccccc2n1. The van der Waals surface area contributed by atoms with Crippen molar-refractivity contribution in [3.8, 4) is 5.88 Å². The van der Waals surface area contributed by atoms with Crippen molar-refractivity contribution in [1.82, 2.24) is 9.97 Å². The van der Waals surface area contributed by atoms with Crippen LogP contribution < -0.4 is 4.74 Å². The van der Waals surface area contributed by atoms with E-state index in [2.05, 4.69) is 9.97 Å². The Morgan fingerprint density at radius 3 is 2.78 bits per heavy atom. The number of hydrogen-bond donors (Lipinski definition) is 0. The Kier molecular flexibility index (Phi) is 3.33. The van der Waals surface area contributed by atoms with E-state index in [1.165, 1.54) is 25.7 Å². The largest absolute Gasteiger partial charge is 0.477 e. The highest BCUT2D eigenvalue weighted by Crippen LogP contribution is 2.28. The van der Waals surface area contributed by atoms with E-state index in [1.807, 2.05) is 24.3 Å². The van der Waals surface area contributed by atoms with Gasteiger partial charge in [0.15, 0.2) is 0 Å². The molecule has 1 aromatic carbocycles. The molecule has 4 heteroatoms. The summed E-state index contributed by atoms with van der Waals surface area (Å²) in [5.74, 6) is 1.27. The number of fused-ring (bicyclic) bond motifs is 1. The first-order valence-electron chi connectivity index (χ1n) is 6.38. The summed E-state index contributed by atoms with van der Waals surface area (Å²) >= 11 is 5.92. The van der Waals surface area contributed by atoms with E-state index in [9.17, 15) is 0 Å². The van der Waals surface area contributed by atoms with Crippen LogP contribution in [0, 0.1) is 5.92 Å². The molecule has 3 rings (SSSR count). The maximum atomic E-state index is 5.92. The minimum atomic E-state index is 0.245. The van der Waals surface area contributed by atoms with Crippen molar-refractivity contribution in [1.29, 1.82) is 0 Å². The molecule has 0 unspecified atom stereocenters. The van der Waals surface area contributed by atoms with Crippen molar-refractivity contribution >= 4 is 22.5 Å². The van der Waals surface area contributed by atoms with Gasteiger partial charge in [0.1, 0.15) is 0 Å². The zero-order valence-corrected chi connectivity index (χ0v) is 10.9. The molecule has 0 spiro atoms. The van der Waals surface area contributed by atoms with Gasteiger partial charge < -0.3 is 4.74 Å². The molecule has 1 aromatic heterocycles. The molecule has 0 saturated heterocycles. The minimum Gasteiger partial charge on any atom is -0.477 e. The van der Waals surface area contributed by atoms with E-state index in [-0.39, 0.29) is 5.28 Å².